The zero-order chi connectivity index (χ0) is 28.0. The summed E-state index contributed by atoms with van der Waals surface area (Å²) in [5.41, 5.74) is 11.9. The van der Waals surface area contributed by atoms with Crippen LogP contribution in [0.5, 0.6) is 5.75 Å². The number of rotatable bonds is 10. The third kappa shape index (κ3) is 6.06. The van der Waals surface area contributed by atoms with Crippen molar-refractivity contribution in [2.75, 3.05) is 30.9 Å². The Hall–Kier alpha value is -4.52. The van der Waals surface area contributed by atoms with E-state index in [1.54, 1.807) is 32.0 Å². The van der Waals surface area contributed by atoms with Crippen LogP contribution in [0.15, 0.2) is 42.5 Å². The molecule has 1 aromatic heterocycles. The van der Waals surface area contributed by atoms with E-state index < -0.39 is 42.1 Å². The van der Waals surface area contributed by atoms with E-state index in [0.717, 1.165) is 22.6 Å². The van der Waals surface area contributed by atoms with E-state index in [9.17, 15) is 23.6 Å². The maximum Gasteiger partial charge on any atom is 0.325 e. The molecule has 1 atom stereocenters. The van der Waals surface area contributed by atoms with Crippen LogP contribution in [0, 0.1) is 12.7 Å². The van der Waals surface area contributed by atoms with Crippen molar-refractivity contribution in [1.29, 1.82) is 0 Å². The summed E-state index contributed by atoms with van der Waals surface area (Å²) in [4.78, 5) is 52.3. The summed E-state index contributed by atoms with van der Waals surface area (Å²) in [5.74, 6) is -3.55. The quantitative estimate of drug-likeness (QED) is 0.328. The number of hydrogen-bond acceptors (Lipinski definition) is 9. The van der Waals surface area contributed by atoms with E-state index in [2.05, 4.69) is 9.69 Å². The number of aromatic nitrogens is 1. The first-order valence-electron chi connectivity index (χ1n) is 11.3. The number of ether oxygens (including phenoxy) is 2. The van der Waals surface area contributed by atoms with Crippen LogP contribution >= 0.6 is 11.5 Å². The Kier molecular flexibility index (Phi) is 8.97. The Morgan fingerprint density at radius 1 is 1.16 bits per heavy atom. The fraction of sp³-hybridized carbons (Fsp3) is 0.240. The smallest absolute Gasteiger partial charge is 0.325 e. The van der Waals surface area contributed by atoms with Crippen molar-refractivity contribution in [2.24, 2.45) is 5.73 Å². The lowest BCUT2D eigenvalue weighted by molar-refractivity contribution is -0.143. The second-order valence-corrected chi connectivity index (χ2v) is 8.74. The van der Waals surface area contributed by atoms with E-state index >= 15 is 0 Å². The van der Waals surface area contributed by atoms with Crippen LogP contribution in [-0.4, -0.2) is 48.3 Å². The number of nitrogen functional groups attached to an aromatic ring is 1. The number of amides is 3. The van der Waals surface area contributed by atoms with Crippen molar-refractivity contribution < 1.29 is 33.0 Å². The van der Waals surface area contributed by atoms with Gasteiger partial charge >= 0.3 is 5.97 Å². The minimum Gasteiger partial charge on any atom is -0.495 e. The topological polar surface area (TPSA) is 167 Å². The lowest BCUT2D eigenvalue weighted by Gasteiger charge is -2.32. The lowest BCUT2D eigenvalue weighted by atomic mass is 10.0. The molecule has 2 aromatic carbocycles. The molecule has 3 rings (SSSR count). The van der Waals surface area contributed by atoms with Gasteiger partial charge in [0.05, 0.1) is 25.1 Å². The first kappa shape index (κ1) is 28.1. The van der Waals surface area contributed by atoms with Crippen LogP contribution in [0.25, 0.3) is 0 Å². The SMILES string of the molecule is CCOC(=O)CNC(=O)C(c1ccc(F)cc1)N(C(=O)c1snc(C(N)=O)c1N)c1cc(C)ccc1OC. The number of nitrogens with one attached hydrogen (secondary N) is 1. The number of benzene rings is 2. The van der Waals surface area contributed by atoms with Crippen molar-refractivity contribution in [3.63, 3.8) is 0 Å². The molecule has 0 fully saturated rings. The molecule has 0 radical (unpaired) electrons. The van der Waals surface area contributed by atoms with Gasteiger partial charge in [-0.25, -0.2) is 4.39 Å². The number of halogens is 1. The van der Waals surface area contributed by atoms with E-state index in [1.807, 2.05) is 0 Å². The summed E-state index contributed by atoms with van der Waals surface area (Å²) in [7, 11) is 1.39. The third-order valence-corrected chi connectivity index (χ3v) is 6.22. The molecule has 5 N–H and O–H groups in total. The normalized spacial score (nSPS) is 11.4. The maximum absolute atomic E-state index is 14.1. The lowest BCUT2D eigenvalue weighted by Crippen LogP contribution is -2.45. The average Bonchev–Trinajstić information content (AvgIpc) is 3.28. The number of nitrogens with two attached hydrogens (primary N) is 2. The summed E-state index contributed by atoms with van der Waals surface area (Å²) in [6, 6.07) is 8.44. The number of primary amides is 1. The Bertz CT molecular complexity index is 1360. The number of nitrogens with zero attached hydrogens (tertiary/aromatic N) is 2. The Balaban J connectivity index is 2.24. The molecule has 13 heteroatoms. The number of carbonyl (C=O) groups excluding carboxylic acids is 4. The molecule has 1 heterocycles. The summed E-state index contributed by atoms with van der Waals surface area (Å²) in [6.45, 7) is 3.01. The highest BCUT2D eigenvalue weighted by Gasteiger charge is 2.37. The minimum atomic E-state index is -1.44. The summed E-state index contributed by atoms with van der Waals surface area (Å²) in [5, 5.41) is 2.47. The molecule has 0 spiro atoms. The molecule has 0 aliphatic heterocycles. The van der Waals surface area contributed by atoms with Crippen LogP contribution in [-0.2, 0) is 14.3 Å². The molecule has 11 nitrogen and oxygen atoms in total. The molecular formula is C25H26FN5O6S. The second kappa shape index (κ2) is 12.1. The zero-order valence-corrected chi connectivity index (χ0v) is 21.6. The summed E-state index contributed by atoms with van der Waals surface area (Å²) >= 11 is 0.631. The molecule has 0 saturated carbocycles. The minimum absolute atomic E-state index is 0.105. The first-order valence-corrected chi connectivity index (χ1v) is 12.1. The largest absolute Gasteiger partial charge is 0.495 e. The molecule has 0 aliphatic carbocycles. The second-order valence-electron chi connectivity index (χ2n) is 7.97. The van der Waals surface area contributed by atoms with E-state index in [4.69, 9.17) is 20.9 Å². The molecule has 38 heavy (non-hydrogen) atoms. The summed E-state index contributed by atoms with van der Waals surface area (Å²) < 4.78 is 28.1. The van der Waals surface area contributed by atoms with Crippen LogP contribution in [0.1, 0.15) is 44.3 Å². The molecule has 3 amide bonds. The highest BCUT2D eigenvalue weighted by molar-refractivity contribution is 7.09. The zero-order valence-electron chi connectivity index (χ0n) is 20.8. The van der Waals surface area contributed by atoms with Gasteiger partial charge in [-0.1, -0.05) is 18.2 Å². The van der Waals surface area contributed by atoms with Crippen molar-refractivity contribution in [3.05, 3.63) is 70.0 Å². The molecule has 3 aromatic rings. The van der Waals surface area contributed by atoms with Crippen LogP contribution in [0.4, 0.5) is 15.8 Å². The first-order chi connectivity index (χ1) is 18.1. The van der Waals surface area contributed by atoms with Gasteiger partial charge in [0.1, 0.15) is 29.0 Å². The monoisotopic (exact) mass is 543 g/mol. The van der Waals surface area contributed by atoms with Gasteiger partial charge < -0.3 is 26.3 Å². The van der Waals surface area contributed by atoms with Crippen LogP contribution < -0.4 is 26.4 Å². The van der Waals surface area contributed by atoms with Gasteiger partial charge in [0, 0.05) is 0 Å². The van der Waals surface area contributed by atoms with Crippen molar-refractivity contribution in [2.45, 2.75) is 19.9 Å². The fourth-order valence-electron chi connectivity index (χ4n) is 3.62. The van der Waals surface area contributed by atoms with Crippen LogP contribution in [0.2, 0.25) is 0 Å². The highest BCUT2D eigenvalue weighted by Crippen LogP contribution is 2.38. The molecule has 0 aliphatic rings. The molecule has 0 saturated heterocycles. The van der Waals surface area contributed by atoms with Gasteiger partial charge in [0.25, 0.3) is 11.8 Å². The predicted octanol–water partition coefficient (Wildman–Crippen LogP) is 2.35. The third-order valence-electron chi connectivity index (χ3n) is 5.37. The van der Waals surface area contributed by atoms with Gasteiger partial charge in [-0.05, 0) is 60.8 Å². The highest BCUT2D eigenvalue weighted by atomic mass is 32.1. The van der Waals surface area contributed by atoms with Gasteiger partial charge in [0.2, 0.25) is 5.91 Å². The van der Waals surface area contributed by atoms with Gasteiger partial charge in [0.15, 0.2) is 5.69 Å². The van der Waals surface area contributed by atoms with Gasteiger partial charge in [-0.2, -0.15) is 4.37 Å². The van der Waals surface area contributed by atoms with Crippen molar-refractivity contribution in [1.82, 2.24) is 9.69 Å². The Morgan fingerprint density at radius 2 is 1.84 bits per heavy atom. The Morgan fingerprint density at radius 3 is 2.42 bits per heavy atom. The predicted molar refractivity (Wildman–Crippen MR) is 138 cm³/mol. The van der Waals surface area contributed by atoms with E-state index in [1.165, 1.54) is 19.2 Å². The van der Waals surface area contributed by atoms with E-state index in [-0.39, 0.29) is 39.9 Å². The molecule has 1 unspecified atom stereocenters. The molecular weight excluding hydrogens is 517 g/mol. The van der Waals surface area contributed by atoms with Crippen molar-refractivity contribution in [3.8, 4) is 5.75 Å². The van der Waals surface area contributed by atoms with Gasteiger partial charge in [-0.15, -0.1) is 0 Å². The summed E-state index contributed by atoms with van der Waals surface area (Å²) in [6.07, 6.45) is 0. The molecule has 0 bridgehead atoms. The maximum atomic E-state index is 14.1. The standard InChI is InChI=1S/C25H26FN5O6S/c1-4-37-18(32)12-29-24(34)21(14-6-8-15(26)9-7-14)31(16-11-13(2)5-10-17(16)36-3)25(35)22-19(27)20(23(28)33)30-38-22/h5-11,21H,4,12,27H2,1-3H3,(H2,28,33)(H,29,34). The van der Waals surface area contributed by atoms with Crippen molar-refractivity contribution >= 4 is 46.6 Å². The van der Waals surface area contributed by atoms with Crippen LogP contribution in [0.3, 0.4) is 0 Å². The number of esters is 1. The number of anilines is 2. The van der Waals surface area contributed by atoms with Gasteiger partial charge in [-0.3, -0.25) is 24.1 Å². The number of methoxy groups -OCH3 is 1. The number of hydrogen-bond donors (Lipinski definition) is 3. The van der Waals surface area contributed by atoms with E-state index in [0.29, 0.717) is 11.5 Å². The molecule has 200 valence electrons. The Labute approximate surface area is 221 Å². The fourth-order valence-corrected chi connectivity index (χ4v) is 4.37. The number of carbonyl (C=O) groups is 4. The average molecular weight is 544 g/mol. The number of aryl methyl sites for hydroxylation is 1.